The zero-order valence-electron chi connectivity index (χ0n) is 10.5. The molecule has 3 aromatic rings. The van der Waals surface area contributed by atoms with Gasteiger partial charge in [0.2, 0.25) is 0 Å². The molecule has 20 heavy (non-hydrogen) atoms. The maximum atomic E-state index is 11.1. The van der Waals surface area contributed by atoms with Gasteiger partial charge in [-0.1, -0.05) is 6.07 Å². The van der Waals surface area contributed by atoms with Gasteiger partial charge in [0.15, 0.2) is 5.16 Å². The van der Waals surface area contributed by atoms with Crippen LogP contribution in [0.3, 0.4) is 0 Å². The van der Waals surface area contributed by atoms with E-state index in [1.165, 1.54) is 18.1 Å². The molecule has 0 unspecified atom stereocenters. The monoisotopic (exact) mass is 286 g/mol. The molecular weight excluding hydrogens is 276 g/mol. The highest BCUT2D eigenvalue weighted by atomic mass is 32.2. The molecule has 0 saturated carbocycles. The summed E-state index contributed by atoms with van der Waals surface area (Å²) in [4.78, 5) is 19.7. The number of pyridine rings is 1. The largest absolute Gasteiger partial charge is 0.478 e. The Morgan fingerprint density at radius 3 is 2.85 bits per heavy atom. The SMILES string of the molecule is Cn1ncnc1Sc1ccc2c(C(=O)O)cccc2n1. The van der Waals surface area contributed by atoms with Crippen LogP contribution in [0.2, 0.25) is 0 Å². The lowest BCUT2D eigenvalue weighted by atomic mass is 10.1. The van der Waals surface area contributed by atoms with Crippen LogP contribution < -0.4 is 0 Å². The van der Waals surface area contributed by atoms with Crippen molar-refractivity contribution in [3.63, 3.8) is 0 Å². The highest BCUT2D eigenvalue weighted by molar-refractivity contribution is 7.99. The van der Waals surface area contributed by atoms with Crippen LogP contribution in [0.25, 0.3) is 10.9 Å². The van der Waals surface area contributed by atoms with E-state index in [9.17, 15) is 4.79 Å². The second-order valence-corrected chi connectivity index (χ2v) is 5.08. The van der Waals surface area contributed by atoms with Gasteiger partial charge in [0.25, 0.3) is 0 Å². The highest BCUT2D eigenvalue weighted by Crippen LogP contribution is 2.26. The van der Waals surface area contributed by atoms with E-state index in [1.54, 1.807) is 42.1 Å². The molecule has 0 aliphatic rings. The van der Waals surface area contributed by atoms with Crippen molar-refractivity contribution in [2.24, 2.45) is 7.05 Å². The summed E-state index contributed by atoms with van der Waals surface area (Å²) in [6, 6.07) is 8.61. The Kier molecular flexibility index (Phi) is 3.11. The zero-order valence-corrected chi connectivity index (χ0v) is 11.3. The van der Waals surface area contributed by atoms with E-state index < -0.39 is 5.97 Å². The third-order valence-electron chi connectivity index (χ3n) is 2.80. The molecule has 0 spiro atoms. The number of rotatable bonds is 3. The summed E-state index contributed by atoms with van der Waals surface area (Å²) in [6.45, 7) is 0. The number of aromatic nitrogens is 4. The van der Waals surface area contributed by atoms with E-state index >= 15 is 0 Å². The molecule has 0 atom stereocenters. The van der Waals surface area contributed by atoms with Gasteiger partial charge in [0, 0.05) is 12.4 Å². The van der Waals surface area contributed by atoms with Crippen LogP contribution in [0.1, 0.15) is 10.4 Å². The van der Waals surface area contributed by atoms with Gasteiger partial charge in [0.1, 0.15) is 11.4 Å². The van der Waals surface area contributed by atoms with Crippen molar-refractivity contribution in [3.8, 4) is 0 Å². The minimum absolute atomic E-state index is 0.255. The van der Waals surface area contributed by atoms with Gasteiger partial charge in [0.05, 0.1) is 11.1 Å². The molecule has 6 nitrogen and oxygen atoms in total. The molecule has 0 bridgehead atoms. The number of aryl methyl sites for hydroxylation is 1. The number of nitrogens with zero attached hydrogens (tertiary/aromatic N) is 4. The Bertz CT molecular complexity index is 800. The van der Waals surface area contributed by atoms with Crippen molar-refractivity contribution in [3.05, 3.63) is 42.2 Å². The summed E-state index contributed by atoms with van der Waals surface area (Å²) in [5.41, 5.74) is 0.905. The maximum Gasteiger partial charge on any atom is 0.336 e. The first-order valence-electron chi connectivity index (χ1n) is 5.80. The van der Waals surface area contributed by atoms with E-state index in [2.05, 4.69) is 15.1 Å². The molecule has 100 valence electrons. The number of carbonyl (C=O) groups is 1. The van der Waals surface area contributed by atoms with Crippen LogP contribution in [0.4, 0.5) is 0 Å². The van der Waals surface area contributed by atoms with E-state index in [0.29, 0.717) is 10.9 Å². The Labute approximate surface area is 118 Å². The van der Waals surface area contributed by atoms with Crippen LogP contribution >= 0.6 is 11.8 Å². The minimum atomic E-state index is -0.953. The average molecular weight is 286 g/mol. The molecule has 0 aliphatic carbocycles. The van der Waals surface area contributed by atoms with Crippen molar-refractivity contribution < 1.29 is 9.90 Å². The summed E-state index contributed by atoms with van der Waals surface area (Å²) < 4.78 is 1.66. The third kappa shape index (κ3) is 2.23. The lowest BCUT2D eigenvalue weighted by molar-refractivity contribution is 0.0699. The summed E-state index contributed by atoms with van der Waals surface area (Å²) in [6.07, 6.45) is 1.48. The Morgan fingerprint density at radius 2 is 2.15 bits per heavy atom. The van der Waals surface area contributed by atoms with Gasteiger partial charge in [-0.2, -0.15) is 5.10 Å². The molecule has 1 aromatic carbocycles. The summed E-state index contributed by atoms with van der Waals surface area (Å²) in [5, 5.41) is 15.2. The first-order chi connectivity index (χ1) is 9.65. The van der Waals surface area contributed by atoms with Gasteiger partial charge < -0.3 is 5.11 Å². The number of carboxylic acids is 1. The van der Waals surface area contributed by atoms with Crippen LogP contribution in [0.15, 0.2) is 46.8 Å². The van der Waals surface area contributed by atoms with Crippen molar-refractivity contribution in [2.45, 2.75) is 10.2 Å². The van der Waals surface area contributed by atoms with E-state index in [4.69, 9.17) is 5.11 Å². The lowest BCUT2D eigenvalue weighted by Gasteiger charge is -2.04. The second-order valence-electron chi connectivity index (χ2n) is 4.10. The van der Waals surface area contributed by atoms with Crippen LogP contribution in [-0.4, -0.2) is 30.8 Å². The van der Waals surface area contributed by atoms with Crippen molar-refractivity contribution in [2.75, 3.05) is 0 Å². The predicted molar refractivity (Wildman–Crippen MR) is 73.8 cm³/mol. The fraction of sp³-hybridized carbons (Fsp3) is 0.0769. The smallest absolute Gasteiger partial charge is 0.336 e. The number of benzene rings is 1. The minimum Gasteiger partial charge on any atom is -0.478 e. The maximum absolute atomic E-state index is 11.1. The number of hydrogen-bond acceptors (Lipinski definition) is 5. The number of hydrogen-bond donors (Lipinski definition) is 1. The lowest BCUT2D eigenvalue weighted by Crippen LogP contribution is -1.98. The first kappa shape index (κ1) is 12.6. The Hall–Kier alpha value is -2.41. The number of aromatic carboxylic acids is 1. The highest BCUT2D eigenvalue weighted by Gasteiger charge is 2.10. The average Bonchev–Trinajstić information content (AvgIpc) is 2.83. The molecule has 2 aromatic heterocycles. The van der Waals surface area contributed by atoms with Crippen LogP contribution in [-0.2, 0) is 7.05 Å². The van der Waals surface area contributed by atoms with Crippen LogP contribution in [0, 0.1) is 0 Å². The number of carboxylic acid groups (broad SMARTS) is 1. The zero-order chi connectivity index (χ0) is 14.1. The van der Waals surface area contributed by atoms with Gasteiger partial charge in [-0.3, -0.25) is 0 Å². The Morgan fingerprint density at radius 1 is 1.30 bits per heavy atom. The summed E-state index contributed by atoms with van der Waals surface area (Å²) in [7, 11) is 1.80. The van der Waals surface area contributed by atoms with E-state index in [-0.39, 0.29) is 5.56 Å². The molecule has 2 heterocycles. The Balaban J connectivity index is 2.03. The molecular formula is C13H10N4O2S. The fourth-order valence-electron chi connectivity index (χ4n) is 1.85. The molecule has 0 fully saturated rings. The standard InChI is InChI=1S/C13H10N4O2S/c1-17-13(14-7-15-17)20-11-6-5-8-9(12(18)19)3-2-4-10(8)16-11/h2-7H,1H3,(H,18,19). The summed E-state index contributed by atoms with van der Waals surface area (Å²) in [5.74, 6) is -0.953. The van der Waals surface area contributed by atoms with Gasteiger partial charge in [-0.15, -0.1) is 0 Å². The molecule has 7 heteroatoms. The number of fused-ring (bicyclic) bond motifs is 1. The molecule has 0 radical (unpaired) electrons. The van der Waals surface area contributed by atoms with E-state index in [1.807, 2.05) is 0 Å². The van der Waals surface area contributed by atoms with E-state index in [0.717, 1.165) is 10.2 Å². The molecule has 0 aliphatic heterocycles. The van der Waals surface area contributed by atoms with Crippen molar-refractivity contribution in [1.29, 1.82) is 0 Å². The second kappa shape index (κ2) is 4.93. The van der Waals surface area contributed by atoms with Crippen molar-refractivity contribution >= 4 is 28.6 Å². The first-order valence-corrected chi connectivity index (χ1v) is 6.62. The third-order valence-corrected chi connectivity index (χ3v) is 3.79. The quantitative estimate of drug-likeness (QED) is 0.795. The molecule has 0 amide bonds. The molecule has 1 N–H and O–H groups in total. The van der Waals surface area contributed by atoms with Crippen molar-refractivity contribution in [1.82, 2.24) is 19.7 Å². The summed E-state index contributed by atoms with van der Waals surface area (Å²) >= 11 is 1.38. The van der Waals surface area contributed by atoms with Gasteiger partial charge >= 0.3 is 5.97 Å². The molecule has 3 rings (SSSR count). The fourth-order valence-corrected chi connectivity index (χ4v) is 2.60. The van der Waals surface area contributed by atoms with Gasteiger partial charge in [-0.05, 0) is 36.0 Å². The van der Waals surface area contributed by atoms with Gasteiger partial charge in [-0.25, -0.2) is 19.4 Å². The molecule has 0 saturated heterocycles. The normalized spacial score (nSPS) is 10.8. The predicted octanol–water partition coefficient (Wildman–Crippen LogP) is 2.21. The topological polar surface area (TPSA) is 80.9 Å². The van der Waals surface area contributed by atoms with Crippen LogP contribution in [0.5, 0.6) is 0 Å².